The van der Waals surface area contributed by atoms with Gasteiger partial charge in [-0.1, -0.05) is 11.6 Å². The lowest BCUT2D eigenvalue weighted by Gasteiger charge is -2.18. The van der Waals surface area contributed by atoms with Crippen LogP contribution in [0.1, 0.15) is 23.6 Å². The molecule has 1 aliphatic heterocycles. The maximum atomic E-state index is 6.44. The number of rotatable bonds is 2. The van der Waals surface area contributed by atoms with Gasteiger partial charge in [0.25, 0.3) is 0 Å². The molecule has 0 bridgehead atoms. The summed E-state index contributed by atoms with van der Waals surface area (Å²) in [6.45, 7) is 2.90. The Hall–Kier alpha value is 0.720. The van der Waals surface area contributed by atoms with Crippen molar-refractivity contribution in [2.75, 3.05) is 6.61 Å². The zero-order valence-corrected chi connectivity index (χ0v) is 12.1. The SMILES string of the molecule is CC1OCCC1C(Cl)c1cc(Br)c(Cl)s1. The molecule has 3 unspecified atom stereocenters. The van der Waals surface area contributed by atoms with E-state index in [-0.39, 0.29) is 11.5 Å². The molecular formula is C10H11BrCl2OS. The van der Waals surface area contributed by atoms with Gasteiger partial charge in [0.2, 0.25) is 0 Å². The van der Waals surface area contributed by atoms with Crippen molar-refractivity contribution in [2.24, 2.45) is 5.92 Å². The van der Waals surface area contributed by atoms with Gasteiger partial charge in [0.05, 0.1) is 11.5 Å². The number of halogens is 3. The summed E-state index contributed by atoms with van der Waals surface area (Å²) in [5.74, 6) is 0.397. The van der Waals surface area contributed by atoms with E-state index < -0.39 is 0 Å². The van der Waals surface area contributed by atoms with Gasteiger partial charge in [0.1, 0.15) is 4.34 Å². The molecule has 1 nitrogen and oxygen atoms in total. The molecule has 2 rings (SSSR count). The minimum Gasteiger partial charge on any atom is -0.378 e. The number of hydrogen-bond acceptors (Lipinski definition) is 2. The molecule has 0 spiro atoms. The predicted octanol–water partition coefficient (Wildman–Crippen LogP) is 4.87. The lowest BCUT2D eigenvalue weighted by molar-refractivity contribution is 0.105. The van der Waals surface area contributed by atoms with Gasteiger partial charge in [-0.15, -0.1) is 22.9 Å². The summed E-state index contributed by atoms with van der Waals surface area (Å²) in [5.41, 5.74) is 0. The molecule has 15 heavy (non-hydrogen) atoms. The maximum absolute atomic E-state index is 6.44. The Balaban J connectivity index is 2.16. The fourth-order valence-corrected chi connectivity index (χ4v) is 4.16. The van der Waals surface area contributed by atoms with Crippen molar-refractivity contribution in [3.8, 4) is 0 Å². The molecule has 84 valence electrons. The van der Waals surface area contributed by atoms with Crippen LogP contribution < -0.4 is 0 Å². The Bertz CT molecular complexity index is 336. The lowest BCUT2D eigenvalue weighted by atomic mass is 9.97. The highest BCUT2D eigenvalue weighted by molar-refractivity contribution is 9.10. The second-order valence-corrected chi connectivity index (χ2v) is 6.71. The molecule has 0 saturated carbocycles. The summed E-state index contributed by atoms with van der Waals surface area (Å²) in [7, 11) is 0. The van der Waals surface area contributed by atoms with Gasteiger partial charge in [0, 0.05) is 21.9 Å². The third kappa shape index (κ3) is 2.52. The van der Waals surface area contributed by atoms with Gasteiger partial charge in [-0.25, -0.2) is 0 Å². The number of thiophene rings is 1. The minimum atomic E-state index is 0.0105. The van der Waals surface area contributed by atoms with E-state index in [9.17, 15) is 0 Å². The molecule has 1 aromatic heterocycles. The molecule has 0 amide bonds. The molecule has 0 N–H and O–H groups in total. The van der Waals surface area contributed by atoms with Crippen molar-refractivity contribution in [3.63, 3.8) is 0 Å². The first-order chi connectivity index (χ1) is 7.09. The van der Waals surface area contributed by atoms with Gasteiger partial charge in [-0.2, -0.15) is 0 Å². The molecular weight excluding hydrogens is 319 g/mol. The van der Waals surface area contributed by atoms with Crippen LogP contribution in [0.25, 0.3) is 0 Å². The van der Waals surface area contributed by atoms with Crippen molar-refractivity contribution >= 4 is 50.5 Å². The first-order valence-corrected chi connectivity index (χ1v) is 7.22. The molecule has 1 aliphatic rings. The summed E-state index contributed by atoms with van der Waals surface area (Å²) >= 11 is 17.4. The summed E-state index contributed by atoms with van der Waals surface area (Å²) in [6, 6.07) is 2.01. The summed E-state index contributed by atoms with van der Waals surface area (Å²) < 4.78 is 7.22. The third-order valence-electron chi connectivity index (χ3n) is 2.75. The van der Waals surface area contributed by atoms with E-state index in [0.29, 0.717) is 5.92 Å². The Morgan fingerprint density at radius 1 is 1.67 bits per heavy atom. The first-order valence-electron chi connectivity index (χ1n) is 4.80. The Kier molecular flexibility index (Phi) is 4.00. The second-order valence-electron chi connectivity index (χ2n) is 3.70. The zero-order valence-electron chi connectivity index (χ0n) is 8.17. The van der Waals surface area contributed by atoms with Crippen LogP contribution >= 0.6 is 50.5 Å². The summed E-state index contributed by atoms with van der Waals surface area (Å²) in [4.78, 5) is 1.12. The van der Waals surface area contributed by atoms with Crippen LogP contribution in [0, 0.1) is 5.92 Å². The molecule has 0 aliphatic carbocycles. The lowest BCUT2D eigenvalue weighted by Crippen LogP contribution is -2.15. The van der Waals surface area contributed by atoms with E-state index in [4.69, 9.17) is 27.9 Å². The van der Waals surface area contributed by atoms with Crippen LogP contribution in [0.5, 0.6) is 0 Å². The average Bonchev–Trinajstić information content (AvgIpc) is 2.74. The van der Waals surface area contributed by atoms with Gasteiger partial charge < -0.3 is 4.74 Å². The van der Waals surface area contributed by atoms with Crippen LogP contribution in [0.2, 0.25) is 4.34 Å². The maximum Gasteiger partial charge on any atom is 0.107 e. The van der Waals surface area contributed by atoms with Crippen LogP contribution in [-0.2, 0) is 4.74 Å². The van der Waals surface area contributed by atoms with E-state index in [1.807, 2.05) is 6.07 Å². The van der Waals surface area contributed by atoms with Crippen LogP contribution in [0.4, 0.5) is 0 Å². The molecule has 3 atom stereocenters. The standard InChI is InChI=1S/C10H11BrCl2OS/c1-5-6(2-3-14-5)9(12)8-4-7(11)10(13)15-8/h4-6,9H,2-3H2,1H3. The minimum absolute atomic E-state index is 0.0105. The van der Waals surface area contributed by atoms with Crippen molar-refractivity contribution in [2.45, 2.75) is 24.8 Å². The summed E-state index contributed by atoms with van der Waals surface area (Å²) in [6.07, 6.45) is 1.27. The second kappa shape index (κ2) is 4.92. The molecule has 2 heterocycles. The quantitative estimate of drug-likeness (QED) is 0.703. The average molecular weight is 330 g/mol. The third-order valence-corrected chi connectivity index (χ3v) is 5.99. The largest absolute Gasteiger partial charge is 0.378 e. The van der Waals surface area contributed by atoms with E-state index in [1.165, 1.54) is 0 Å². The molecule has 1 saturated heterocycles. The number of hydrogen-bond donors (Lipinski definition) is 0. The molecule has 1 fully saturated rings. The monoisotopic (exact) mass is 328 g/mol. The van der Waals surface area contributed by atoms with Crippen LogP contribution in [0.3, 0.4) is 0 Å². The molecule has 1 aromatic rings. The molecule has 0 aromatic carbocycles. The van der Waals surface area contributed by atoms with Gasteiger partial charge in [0.15, 0.2) is 0 Å². The summed E-state index contributed by atoms with van der Waals surface area (Å²) in [5, 5.41) is 0.0105. The van der Waals surface area contributed by atoms with Crippen LogP contribution in [-0.4, -0.2) is 12.7 Å². The van der Waals surface area contributed by atoms with Crippen molar-refractivity contribution in [1.82, 2.24) is 0 Å². The number of ether oxygens (including phenoxy) is 1. The van der Waals surface area contributed by atoms with Crippen LogP contribution in [0.15, 0.2) is 10.5 Å². The highest BCUT2D eigenvalue weighted by Gasteiger charge is 2.32. The Morgan fingerprint density at radius 3 is 2.87 bits per heavy atom. The van der Waals surface area contributed by atoms with Gasteiger partial charge in [-0.05, 0) is 35.3 Å². The van der Waals surface area contributed by atoms with E-state index in [2.05, 4.69) is 22.9 Å². The van der Waals surface area contributed by atoms with Crippen molar-refractivity contribution in [3.05, 3.63) is 19.8 Å². The van der Waals surface area contributed by atoms with Crippen molar-refractivity contribution in [1.29, 1.82) is 0 Å². The van der Waals surface area contributed by atoms with Gasteiger partial charge >= 0.3 is 0 Å². The van der Waals surface area contributed by atoms with Gasteiger partial charge in [-0.3, -0.25) is 0 Å². The van der Waals surface area contributed by atoms with Crippen molar-refractivity contribution < 1.29 is 4.74 Å². The Labute approximate surface area is 112 Å². The van der Waals surface area contributed by atoms with E-state index in [0.717, 1.165) is 26.7 Å². The fraction of sp³-hybridized carbons (Fsp3) is 0.600. The number of alkyl halides is 1. The fourth-order valence-electron chi connectivity index (χ4n) is 1.84. The normalized spacial score (nSPS) is 28.3. The topological polar surface area (TPSA) is 9.23 Å². The zero-order chi connectivity index (χ0) is 11.0. The van der Waals surface area contributed by atoms with E-state index in [1.54, 1.807) is 11.3 Å². The highest BCUT2D eigenvalue weighted by Crippen LogP contribution is 2.44. The van der Waals surface area contributed by atoms with E-state index >= 15 is 0 Å². The molecule has 0 radical (unpaired) electrons. The first kappa shape index (κ1) is 12.2. The Morgan fingerprint density at radius 2 is 2.40 bits per heavy atom. The molecule has 5 heteroatoms. The predicted molar refractivity (Wildman–Crippen MR) is 69.1 cm³/mol. The highest BCUT2D eigenvalue weighted by atomic mass is 79.9. The smallest absolute Gasteiger partial charge is 0.107 e.